The number of phenols is 3. The van der Waals surface area contributed by atoms with Crippen LogP contribution in [0.3, 0.4) is 0 Å². The molecule has 0 heterocycles. The molecule has 0 amide bonds. The predicted octanol–water partition coefficient (Wildman–Crippen LogP) is 6.22. The second kappa shape index (κ2) is 8.96. The van der Waals surface area contributed by atoms with Gasteiger partial charge in [0.2, 0.25) is 0 Å². The SMILES string of the molecule is O=C(CCc1ccc(Oc2ccc(F)cc2)cc1C(F)(F)F)c1c(O)cc(O)c(Cl)c1O. The number of ether oxygens (including phenoxy) is 1. The molecule has 32 heavy (non-hydrogen) atoms. The van der Waals surface area contributed by atoms with Gasteiger partial charge in [-0.3, -0.25) is 4.79 Å². The number of aromatic hydroxyl groups is 3. The molecule has 5 nitrogen and oxygen atoms in total. The average Bonchev–Trinajstić information content (AvgIpc) is 2.72. The predicted molar refractivity (Wildman–Crippen MR) is 107 cm³/mol. The first kappa shape index (κ1) is 23.2. The normalized spacial score (nSPS) is 11.4. The van der Waals surface area contributed by atoms with Crippen molar-refractivity contribution in [3.63, 3.8) is 0 Å². The van der Waals surface area contributed by atoms with Gasteiger partial charge in [-0.05, 0) is 48.4 Å². The van der Waals surface area contributed by atoms with Gasteiger partial charge in [0.05, 0.1) is 5.56 Å². The molecular formula is C22H15ClF4O5. The summed E-state index contributed by atoms with van der Waals surface area (Å²) in [6.45, 7) is 0. The van der Waals surface area contributed by atoms with Gasteiger partial charge in [-0.25, -0.2) is 4.39 Å². The minimum absolute atomic E-state index is 0.137. The van der Waals surface area contributed by atoms with E-state index < -0.39 is 57.6 Å². The van der Waals surface area contributed by atoms with Crippen LogP contribution >= 0.6 is 11.6 Å². The van der Waals surface area contributed by atoms with E-state index in [-0.39, 0.29) is 23.5 Å². The van der Waals surface area contributed by atoms with Gasteiger partial charge in [-0.15, -0.1) is 0 Å². The molecule has 0 aliphatic carbocycles. The number of hydrogen-bond donors (Lipinski definition) is 3. The molecule has 0 saturated heterocycles. The van der Waals surface area contributed by atoms with Crippen LogP contribution in [0.25, 0.3) is 0 Å². The highest BCUT2D eigenvalue weighted by Gasteiger charge is 2.34. The number of carbonyl (C=O) groups is 1. The Balaban J connectivity index is 1.84. The summed E-state index contributed by atoms with van der Waals surface area (Å²) in [7, 11) is 0. The van der Waals surface area contributed by atoms with E-state index in [1.165, 1.54) is 18.2 Å². The van der Waals surface area contributed by atoms with Crippen LogP contribution < -0.4 is 4.74 Å². The Kier molecular flexibility index (Phi) is 6.50. The molecule has 3 aromatic carbocycles. The molecule has 3 rings (SSSR count). The van der Waals surface area contributed by atoms with Crippen molar-refractivity contribution >= 4 is 17.4 Å². The molecule has 10 heteroatoms. The summed E-state index contributed by atoms with van der Waals surface area (Å²) >= 11 is 5.65. The first-order valence-corrected chi connectivity index (χ1v) is 9.45. The van der Waals surface area contributed by atoms with Crippen LogP contribution in [0, 0.1) is 5.82 Å². The van der Waals surface area contributed by atoms with Crippen molar-refractivity contribution in [2.45, 2.75) is 19.0 Å². The average molecular weight is 471 g/mol. The Labute approximate surface area is 184 Å². The van der Waals surface area contributed by atoms with Crippen molar-refractivity contribution in [2.75, 3.05) is 0 Å². The monoisotopic (exact) mass is 470 g/mol. The van der Waals surface area contributed by atoms with Gasteiger partial charge < -0.3 is 20.1 Å². The molecule has 3 aromatic rings. The second-order valence-corrected chi connectivity index (χ2v) is 7.13. The van der Waals surface area contributed by atoms with Crippen molar-refractivity contribution in [1.29, 1.82) is 0 Å². The Hall–Kier alpha value is -3.46. The van der Waals surface area contributed by atoms with Gasteiger partial charge in [0.15, 0.2) is 11.5 Å². The first-order valence-electron chi connectivity index (χ1n) is 9.07. The Morgan fingerprint density at radius 2 is 1.56 bits per heavy atom. The number of benzene rings is 3. The van der Waals surface area contributed by atoms with Crippen molar-refractivity contribution in [2.24, 2.45) is 0 Å². The summed E-state index contributed by atoms with van der Waals surface area (Å²) < 4.78 is 59.1. The van der Waals surface area contributed by atoms with Gasteiger partial charge in [-0.1, -0.05) is 17.7 Å². The summed E-state index contributed by atoms with van der Waals surface area (Å²) in [4.78, 5) is 12.4. The lowest BCUT2D eigenvalue weighted by molar-refractivity contribution is -0.138. The Morgan fingerprint density at radius 3 is 2.19 bits per heavy atom. The van der Waals surface area contributed by atoms with Crippen molar-refractivity contribution < 1.29 is 42.4 Å². The van der Waals surface area contributed by atoms with Crippen molar-refractivity contribution in [3.05, 3.63) is 76.1 Å². The van der Waals surface area contributed by atoms with Gasteiger partial charge in [0, 0.05) is 12.5 Å². The maximum absolute atomic E-state index is 13.6. The minimum atomic E-state index is -4.76. The number of Topliss-reactive ketones (excluding diaryl/α,β-unsaturated/α-hetero) is 1. The third-order valence-corrected chi connectivity index (χ3v) is 4.91. The van der Waals surface area contributed by atoms with Gasteiger partial charge in [-0.2, -0.15) is 13.2 Å². The summed E-state index contributed by atoms with van der Waals surface area (Å²) in [5.74, 6) is -3.68. The number of alkyl halides is 3. The summed E-state index contributed by atoms with van der Waals surface area (Å²) in [6.07, 6.45) is -5.63. The van der Waals surface area contributed by atoms with Gasteiger partial charge in [0.25, 0.3) is 0 Å². The van der Waals surface area contributed by atoms with Crippen molar-refractivity contribution in [3.8, 4) is 28.7 Å². The molecule has 0 bridgehead atoms. The fraction of sp³-hybridized carbons (Fsp3) is 0.136. The highest BCUT2D eigenvalue weighted by molar-refractivity contribution is 6.34. The number of aryl methyl sites for hydroxylation is 1. The molecule has 0 spiro atoms. The molecule has 0 fully saturated rings. The maximum atomic E-state index is 13.6. The van der Waals surface area contributed by atoms with E-state index in [9.17, 15) is 37.7 Å². The quantitative estimate of drug-likeness (QED) is 0.294. The van der Waals surface area contributed by atoms with E-state index in [0.717, 1.165) is 30.3 Å². The lowest BCUT2D eigenvalue weighted by atomic mass is 9.97. The first-order chi connectivity index (χ1) is 15.0. The fourth-order valence-corrected chi connectivity index (χ4v) is 3.15. The highest BCUT2D eigenvalue weighted by Crippen LogP contribution is 2.42. The number of rotatable bonds is 6. The lowest BCUT2D eigenvalue weighted by Gasteiger charge is -2.15. The fourth-order valence-electron chi connectivity index (χ4n) is 3.01. The van der Waals surface area contributed by atoms with Gasteiger partial charge >= 0.3 is 6.18 Å². The molecule has 3 N–H and O–H groups in total. The zero-order valence-electron chi connectivity index (χ0n) is 16.1. The van der Waals surface area contributed by atoms with E-state index in [2.05, 4.69) is 0 Å². The van der Waals surface area contributed by atoms with Crippen LogP contribution in [-0.4, -0.2) is 21.1 Å². The van der Waals surface area contributed by atoms with Crippen LogP contribution in [0.5, 0.6) is 28.7 Å². The van der Waals surface area contributed by atoms with Gasteiger partial charge in [0.1, 0.15) is 39.4 Å². The van der Waals surface area contributed by atoms with Crippen LogP contribution in [0.2, 0.25) is 5.02 Å². The molecule has 0 radical (unpaired) electrons. The van der Waals surface area contributed by atoms with Crippen LogP contribution in [0.1, 0.15) is 27.9 Å². The molecular weight excluding hydrogens is 456 g/mol. The molecule has 0 aliphatic rings. The third kappa shape index (κ3) is 5.05. The lowest BCUT2D eigenvalue weighted by Crippen LogP contribution is -2.11. The summed E-state index contributed by atoms with van der Waals surface area (Å²) in [5.41, 5.74) is -1.86. The second-order valence-electron chi connectivity index (χ2n) is 6.75. The molecule has 0 atom stereocenters. The van der Waals surface area contributed by atoms with E-state index >= 15 is 0 Å². The van der Waals surface area contributed by atoms with Crippen LogP contribution in [0.15, 0.2) is 48.5 Å². The number of hydrogen-bond acceptors (Lipinski definition) is 5. The molecule has 0 aliphatic heterocycles. The Morgan fingerprint density at radius 1 is 0.938 bits per heavy atom. The largest absolute Gasteiger partial charge is 0.507 e. The zero-order chi connectivity index (χ0) is 23.6. The summed E-state index contributed by atoms with van der Waals surface area (Å²) in [6, 6.07) is 8.63. The number of phenolic OH excluding ortho intramolecular Hbond substituents is 3. The number of ketones is 1. The molecule has 0 aromatic heterocycles. The zero-order valence-corrected chi connectivity index (χ0v) is 16.8. The summed E-state index contributed by atoms with van der Waals surface area (Å²) in [5, 5.41) is 28.6. The highest BCUT2D eigenvalue weighted by atomic mass is 35.5. The van der Waals surface area contributed by atoms with E-state index in [4.69, 9.17) is 16.3 Å². The maximum Gasteiger partial charge on any atom is 0.416 e. The standard InChI is InChI=1S/C22H15ClF4O5/c23-20-18(30)10-17(29)19(21(20)31)16(28)8-2-11-1-5-14(9-15(11)22(25,26)27)32-13-6-3-12(24)4-7-13/h1,3-7,9-10,29-31H,2,8H2. The van der Waals surface area contributed by atoms with Crippen molar-refractivity contribution in [1.82, 2.24) is 0 Å². The van der Waals surface area contributed by atoms with E-state index in [1.54, 1.807) is 0 Å². The minimum Gasteiger partial charge on any atom is -0.507 e. The molecule has 0 unspecified atom stereocenters. The smallest absolute Gasteiger partial charge is 0.416 e. The van der Waals surface area contributed by atoms with E-state index in [0.29, 0.717) is 0 Å². The molecule has 168 valence electrons. The number of halogens is 5. The molecule has 0 saturated carbocycles. The van der Waals surface area contributed by atoms with Crippen LogP contribution in [0.4, 0.5) is 17.6 Å². The third-order valence-electron chi connectivity index (χ3n) is 4.54. The number of carbonyl (C=O) groups excluding carboxylic acids is 1. The topological polar surface area (TPSA) is 87.0 Å². The van der Waals surface area contributed by atoms with E-state index in [1.807, 2.05) is 0 Å². The Bertz CT molecular complexity index is 1160. The van der Waals surface area contributed by atoms with Crippen LogP contribution in [-0.2, 0) is 12.6 Å².